The summed E-state index contributed by atoms with van der Waals surface area (Å²) in [4.78, 5) is 45.1. The molecule has 1 aliphatic rings. The van der Waals surface area contributed by atoms with E-state index in [-0.39, 0.29) is 18.9 Å². The molecule has 0 unspecified atom stereocenters. The number of aliphatic imine (C=N–C) groups is 1. The van der Waals surface area contributed by atoms with Crippen molar-refractivity contribution >= 4 is 47.7 Å². The Labute approximate surface area is 235 Å². The van der Waals surface area contributed by atoms with Crippen molar-refractivity contribution in [2.75, 3.05) is 38.2 Å². The number of hydrazone groups is 1. The van der Waals surface area contributed by atoms with Crippen molar-refractivity contribution in [3.63, 3.8) is 0 Å². The number of aromatic nitrogens is 2. The van der Waals surface area contributed by atoms with E-state index in [9.17, 15) is 13.8 Å². The van der Waals surface area contributed by atoms with Gasteiger partial charge in [0.25, 0.3) is 0 Å². The normalized spacial score (nSPS) is 14.4. The number of likely N-dealkylation sites (N-methyl/N-ethyl adjacent to an activating group) is 1. The first-order valence-corrected chi connectivity index (χ1v) is 14.5. The summed E-state index contributed by atoms with van der Waals surface area (Å²) in [5, 5.41) is 7.55. The van der Waals surface area contributed by atoms with Crippen LogP contribution in [0, 0.1) is 5.82 Å². The number of hydrogen-bond donors (Lipinski definition) is 4. The van der Waals surface area contributed by atoms with Crippen LogP contribution >= 0.6 is 7.82 Å². The molecule has 15 heteroatoms. The van der Waals surface area contributed by atoms with E-state index in [1.807, 2.05) is 24.0 Å². The number of carbonyl (C=O) groups excluding carboxylic acids is 1. The van der Waals surface area contributed by atoms with Crippen molar-refractivity contribution in [3.8, 4) is 5.75 Å². The zero-order valence-corrected chi connectivity index (χ0v) is 23.3. The van der Waals surface area contributed by atoms with Gasteiger partial charge in [0, 0.05) is 36.7 Å². The molecule has 4 N–H and O–H groups in total. The highest BCUT2D eigenvalue weighted by molar-refractivity contribution is 7.46. The van der Waals surface area contributed by atoms with Gasteiger partial charge in [0.15, 0.2) is 5.82 Å². The van der Waals surface area contributed by atoms with E-state index in [1.165, 1.54) is 24.5 Å². The van der Waals surface area contributed by atoms with Gasteiger partial charge in [0.2, 0.25) is 5.91 Å². The lowest BCUT2D eigenvalue weighted by Gasteiger charge is -2.20. The molecule has 1 aliphatic heterocycles. The van der Waals surface area contributed by atoms with Crippen LogP contribution in [-0.2, 0) is 13.9 Å². The molecule has 2 aromatic carbocycles. The molecule has 0 saturated heterocycles. The van der Waals surface area contributed by atoms with Crippen molar-refractivity contribution in [3.05, 3.63) is 54.6 Å². The Morgan fingerprint density at radius 2 is 2.05 bits per heavy atom. The van der Waals surface area contributed by atoms with Gasteiger partial charge in [0.05, 0.1) is 30.9 Å². The molecular formula is C26H31FN7O6P. The van der Waals surface area contributed by atoms with E-state index in [4.69, 9.17) is 14.5 Å². The first-order chi connectivity index (χ1) is 19.7. The zero-order chi connectivity index (χ0) is 29.2. The first-order valence-electron chi connectivity index (χ1n) is 12.9. The highest BCUT2D eigenvalue weighted by atomic mass is 31.2. The Balaban J connectivity index is 1.27. The Kier molecular flexibility index (Phi) is 10.4. The zero-order valence-electron chi connectivity index (χ0n) is 22.4. The maximum Gasteiger partial charge on any atom is 0.469 e. The number of phosphoric ester groups is 1. The average molecular weight is 588 g/mol. The number of phosphoric acid groups is 1. The van der Waals surface area contributed by atoms with Crippen LogP contribution in [0.4, 0.5) is 15.9 Å². The fourth-order valence-electron chi connectivity index (χ4n) is 4.06. The molecule has 1 amide bonds. The third-order valence-corrected chi connectivity index (χ3v) is 6.54. The van der Waals surface area contributed by atoms with Gasteiger partial charge in [-0.05, 0) is 43.3 Å². The molecule has 2 heterocycles. The largest absolute Gasteiger partial charge is 0.493 e. The van der Waals surface area contributed by atoms with Gasteiger partial charge in [-0.1, -0.05) is 13.0 Å². The molecule has 0 spiro atoms. The Morgan fingerprint density at radius 3 is 2.83 bits per heavy atom. The number of amides is 1. The van der Waals surface area contributed by atoms with Crippen LogP contribution in [0.5, 0.6) is 5.75 Å². The van der Waals surface area contributed by atoms with Crippen molar-refractivity contribution in [2.45, 2.75) is 26.2 Å². The van der Waals surface area contributed by atoms with Crippen LogP contribution < -0.4 is 15.5 Å². The molecule has 4 rings (SSSR count). The number of benzene rings is 2. The summed E-state index contributed by atoms with van der Waals surface area (Å²) in [5.41, 5.74) is 4.45. The summed E-state index contributed by atoms with van der Waals surface area (Å²) < 4.78 is 34.5. The topological polar surface area (TPSA) is 171 Å². The average Bonchev–Trinajstić information content (AvgIpc) is 3.35. The summed E-state index contributed by atoms with van der Waals surface area (Å²) in [5.74, 6) is 0.870. The van der Waals surface area contributed by atoms with Gasteiger partial charge in [-0.25, -0.2) is 23.9 Å². The minimum atomic E-state index is -4.46. The van der Waals surface area contributed by atoms with Crippen molar-refractivity contribution in [2.24, 2.45) is 10.1 Å². The van der Waals surface area contributed by atoms with Gasteiger partial charge in [-0.2, -0.15) is 5.10 Å². The summed E-state index contributed by atoms with van der Waals surface area (Å²) in [6, 6.07) is 11.1. The highest BCUT2D eigenvalue weighted by Crippen LogP contribution is 2.35. The van der Waals surface area contributed by atoms with Gasteiger partial charge in [-0.3, -0.25) is 14.7 Å². The molecule has 41 heavy (non-hydrogen) atoms. The minimum absolute atomic E-state index is 0.0327. The predicted molar refractivity (Wildman–Crippen MR) is 152 cm³/mol. The van der Waals surface area contributed by atoms with Gasteiger partial charge >= 0.3 is 7.82 Å². The molecule has 0 bridgehead atoms. The Hall–Kier alpha value is -3.81. The van der Waals surface area contributed by atoms with Gasteiger partial charge in [-0.15, -0.1) is 0 Å². The summed E-state index contributed by atoms with van der Waals surface area (Å²) in [6.45, 7) is 4.16. The Morgan fingerprint density at radius 1 is 1.20 bits per heavy atom. The molecule has 0 aliphatic carbocycles. The lowest BCUT2D eigenvalue weighted by molar-refractivity contribution is -0.115. The molecule has 0 saturated carbocycles. The summed E-state index contributed by atoms with van der Waals surface area (Å²) in [6.07, 6.45) is 2.49. The van der Waals surface area contributed by atoms with Crippen LogP contribution in [0.2, 0.25) is 0 Å². The number of ether oxygens (including phenoxy) is 1. The maximum atomic E-state index is 13.3. The third kappa shape index (κ3) is 9.66. The molecule has 218 valence electrons. The number of nitrogens with zero attached hydrogens (tertiary/aromatic N) is 5. The lowest BCUT2D eigenvalue weighted by atomic mass is 10.2. The highest BCUT2D eigenvalue weighted by Gasteiger charge is 2.18. The number of carbonyl (C=O) groups is 1. The molecule has 0 fully saturated rings. The minimum Gasteiger partial charge on any atom is -0.493 e. The monoisotopic (exact) mass is 587 g/mol. The van der Waals surface area contributed by atoms with E-state index in [0.717, 1.165) is 0 Å². The second kappa shape index (κ2) is 14.2. The van der Waals surface area contributed by atoms with Crippen molar-refractivity contribution < 1.29 is 32.8 Å². The smallest absolute Gasteiger partial charge is 0.469 e. The first kappa shape index (κ1) is 30.2. The van der Waals surface area contributed by atoms with E-state index in [2.05, 4.69) is 35.3 Å². The van der Waals surface area contributed by atoms with E-state index >= 15 is 0 Å². The number of hydrogen-bond acceptors (Lipinski definition) is 9. The number of anilines is 1. The van der Waals surface area contributed by atoms with Gasteiger partial charge < -0.3 is 24.7 Å². The second-order valence-corrected chi connectivity index (χ2v) is 10.3. The number of rotatable bonds is 14. The summed E-state index contributed by atoms with van der Waals surface area (Å²) >= 11 is 0. The lowest BCUT2D eigenvalue weighted by Crippen LogP contribution is -2.29. The van der Waals surface area contributed by atoms with Crippen LogP contribution in [0.25, 0.3) is 10.9 Å². The van der Waals surface area contributed by atoms with E-state index in [0.29, 0.717) is 78.8 Å². The number of nitrogens with one attached hydrogen (secondary N) is 2. The van der Waals surface area contributed by atoms with E-state index in [1.54, 1.807) is 12.1 Å². The maximum absolute atomic E-state index is 13.3. The fraction of sp³-hybridized carbons (Fsp3) is 0.346. The standard InChI is InChI=1S/C26H31FN7O6P/c1-2-34(10-12-40-41(36,37)38)9-4-11-39-21-7-8-22-23(16-21)28-17-29-26(22)31-24-14-20(32-33-24)15-25(35)30-19-6-3-5-18(27)13-19/h3,5-8,13,16-17H,2,4,9-12,14-15H2,1H3,(H,30,35)(H2,36,37,38)(H,28,29,31,33). The van der Waals surface area contributed by atoms with E-state index < -0.39 is 13.6 Å². The summed E-state index contributed by atoms with van der Waals surface area (Å²) in [7, 11) is -4.46. The number of halogens is 1. The van der Waals surface area contributed by atoms with Crippen LogP contribution in [-0.4, -0.2) is 75.0 Å². The van der Waals surface area contributed by atoms with Crippen LogP contribution in [0.1, 0.15) is 26.2 Å². The Bertz CT molecular complexity index is 1480. The number of fused-ring (bicyclic) bond motifs is 1. The van der Waals surface area contributed by atoms with Crippen LogP contribution in [0.15, 0.2) is 58.9 Å². The number of amidine groups is 1. The quantitative estimate of drug-likeness (QED) is 0.162. The molecular weight excluding hydrogens is 556 g/mol. The SMILES string of the molecule is CCN(CCCOc1ccc2c(N=C3CC(CC(=O)Nc4cccc(F)c4)=NN3)ncnc2c1)CCOP(=O)(O)O. The predicted octanol–water partition coefficient (Wildman–Crippen LogP) is 3.38. The third-order valence-electron chi connectivity index (χ3n) is 6.02. The molecule has 3 aromatic rings. The second-order valence-electron chi connectivity index (χ2n) is 9.10. The fourth-order valence-corrected chi connectivity index (χ4v) is 4.38. The molecule has 0 radical (unpaired) electrons. The van der Waals surface area contributed by atoms with Crippen molar-refractivity contribution in [1.29, 1.82) is 0 Å². The van der Waals surface area contributed by atoms with Crippen molar-refractivity contribution in [1.82, 2.24) is 20.3 Å². The molecule has 13 nitrogen and oxygen atoms in total. The van der Waals surface area contributed by atoms with Gasteiger partial charge in [0.1, 0.15) is 23.7 Å². The van der Waals surface area contributed by atoms with Crippen LogP contribution in [0.3, 0.4) is 0 Å². The molecule has 1 aromatic heterocycles. The molecule has 0 atom stereocenters.